The molecule has 116 valence electrons. The van der Waals surface area contributed by atoms with Crippen LogP contribution in [-0.2, 0) is 4.74 Å². The van der Waals surface area contributed by atoms with E-state index in [1.165, 1.54) is 0 Å². The summed E-state index contributed by atoms with van der Waals surface area (Å²) in [6, 6.07) is 5.19. The molecule has 1 aliphatic rings. The van der Waals surface area contributed by atoms with E-state index in [-0.39, 0.29) is 16.2 Å². The lowest BCUT2D eigenvalue weighted by molar-refractivity contribution is -0.384. The van der Waals surface area contributed by atoms with E-state index < -0.39 is 0 Å². The van der Waals surface area contributed by atoms with E-state index in [2.05, 4.69) is 17.1 Å². The molecule has 0 aromatic heterocycles. The number of non-ortho nitro benzene ring substituents is 1. The summed E-state index contributed by atoms with van der Waals surface area (Å²) in [5, 5.41) is 14.3. The van der Waals surface area contributed by atoms with E-state index >= 15 is 0 Å². The summed E-state index contributed by atoms with van der Waals surface area (Å²) in [5.41, 5.74) is 1.59. The van der Waals surface area contributed by atoms with Crippen molar-refractivity contribution in [3.05, 3.63) is 28.3 Å². The number of nitro benzene ring substituents is 1. The average molecular weight is 293 g/mol. The Morgan fingerprint density at radius 1 is 1.48 bits per heavy atom. The van der Waals surface area contributed by atoms with Crippen molar-refractivity contribution in [2.45, 2.75) is 32.3 Å². The van der Waals surface area contributed by atoms with E-state index in [9.17, 15) is 10.1 Å². The first-order chi connectivity index (χ1) is 9.97. The average Bonchev–Trinajstić information content (AvgIpc) is 2.47. The predicted octanol–water partition coefficient (Wildman–Crippen LogP) is 3.03. The molecule has 0 aliphatic carbocycles. The minimum absolute atomic E-state index is 0.119. The first-order valence-corrected chi connectivity index (χ1v) is 7.31. The van der Waals surface area contributed by atoms with Crippen LogP contribution in [0.3, 0.4) is 0 Å². The molecule has 1 heterocycles. The third-order valence-electron chi connectivity index (χ3n) is 4.01. The summed E-state index contributed by atoms with van der Waals surface area (Å²) < 4.78 is 5.59. The van der Waals surface area contributed by atoms with Crippen LogP contribution in [0.5, 0.6) is 0 Å². The molecule has 0 spiro atoms. The molecular formula is C15H23N3O3. The number of hydrogen-bond donors (Lipinski definition) is 1. The molecule has 1 N–H and O–H groups in total. The fourth-order valence-corrected chi connectivity index (χ4v) is 2.78. The first-order valence-electron chi connectivity index (χ1n) is 7.31. The van der Waals surface area contributed by atoms with Crippen LogP contribution in [0, 0.1) is 10.1 Å². The second-order valence-electron chi connectivity index (χ2n) is 5.70. The molecule has 0 amide bonds. The highest BCUT2D eigenvalue weighted by molar-refractivity contribution is 5.64. The molecular weight excluding hydrogens is 270 g/mol. The lowest BCUT2D eigenvalue weighted by Crippen LogP contribution is -2.47. The maximum absolute atomic E-state index is 11.1. The Hall–Kier alpha value is -1.82. The third kappa shape index (κ3) is 3.64. The molecule has 1 aromatic carbocycles. The number of methoxy groups -OCH3 is 1. The monoisotopic (exact) mass is 293 g/mol. The minimum Gasteiger partial charge on any atom is -0.385 e. The highest BCUT2D eigenvalue weighted by Gasteiger charge is 2.31. The van der Waals surface area contributed by atoms with Crippen molar-refractivity contribution in [2.24, 2.45) is 0 Å². The first kappa shape index (κ1) is 15.6. The fraction of sp³-hybridized carbons (Fsp3) is 0.600. The fourth-order valence-electron chi connectivity index (χ4n) is 2.78. The molecule has 0 radical (unpaired) electrons. The van der Waals surface area contributed by atoms with Gasteiger partial charge in [0, 0.05) is 50.3 Å². The molecule has 6 nitrogen and oxygen atoms in total. The molecule has 0 saturated carbocycles. The Morgan fingerprint density at radius 3 is 2.86 bits per heavy atom. The standard InChI is InChI=1S/C15H23N3O3/c1-4-16-12-8-13(10-14(9-12)18(19)20)17-7-5-6-15(2,11-17)21-3/h8-10,16H,4-7,11H2,1-3H3. The van der Waals surface area contributed by atoms with Gasteiger partial charge in [0.25, 0.3) is 5.69 Å². The Balaban J connectivity index is 2.31. The molecule has 1 fully saturated rings. The lowest BCUT2D eigenvalue weighted by Gasteiger charge is -2.40. The van der Waals surface area contributed by atoms with Gasteiger partial charge in [-0.1, -0.05) is 0 Å². The van der Waals surface area contributed by atoms with E-state index in [0.29, 0.717) is 0 Å². The van der Waals surface area contributed by atoms with Gasteiger partial charge in [-0.2, -0.15) is 0 Å². The highest BCUT2D eigenvalue weighted by Crippen LogP contribution is 2.32. The smallest absolute Gasteiger partial charge is 0.273 e. The Kier molecular flexibility index (Phi) is 4.67. The van der Waals surface area contributed by atoms with Gasteiger partial charge in [-0.25, -0.2) is 0 Å². The van der Waals surface area contributed by atoms with Gasteiger partial charge in [-0.3, -0.25) is 10.1 Å². The molecule has 1 unspecified atom stereocenters. The SMILES string of the molecule is CCNc1cc(N2CCCC(C)(OC)C2)cc([N+](=O)[O-])c1. The summed E-state index contributed by atoms with van der Waals surface area (Å²) in [7, 11) is 1.72. The van der Waals surface area contributed by atoms with Crippen LogP contribution in [-0.4, -0.2) is 37.3 Å². The number of piperidine rings is 1. The van der Waals surface area contributed by atoms with Crippen molar-refractivity contribution in [2.75, 3.05) is 37.0 Å². The van der Waals surface area contributed by atoms with Crippen LogP contribution in [0.15, 0.2) is 18.2 Å². The van der Waals surface area contributed by atoms with Gasteiger partial charge in [0.05, 0.1) is 10.5 Å². The largest absolute Gasteiger partial charge is 0.385 e. The molecule has 1 saturated heterocycles. The summed E-state index contributed by atoms with van der Waals surface area (Å²) in [4.78, 5) is 12.9. The summed E-state index contributed by atoms with van der Waals surface area (Å²) in [6.45, 7) is 6.43. The number of anilines is 2. The van der Waals surface area contributed by atoms with Gasteiger partial charge in [0.2, 0.25) is 0 Å². The summed E-state index contributed by atoms with van der Waals surface area (Å²) in [6.07, 6.45) is 2.03. The van der Waals surface area contributed by atoms with Crippen molar-refractivity contribution in [3.63, 3.8) is 0 Å². The summed E-state index contributed by atoms with van der Waals surface area (Å²) in [5.74, 6) is 0. The molecule has 1 aliphatic heterocycles. The van der Waals surface area contributed by atoms with Gasteiger partial charge < -0.3 is 15.0 Å². The number of rotatable bonds is 5. The lowest BCUT2D eigenvalue weighted by atomic mass is 9.94. The topological polar surface area (TPSA) is 67.6 Å². The van der Waals surface area contributed by atoms with Crippen LogP contribution >= 0.6 is 0 Å². The van der Waals surface area contributed by atoms with Crippen molar-refractivity contribution in [1.82, 2.24) is 0 Å². The Labute approximate surface area is 125 Å². The quantitative estimate of drug-likeness (QED) is 0.667. The second kappa shape index (κ2) is 6.30. The number of nitrogens with one attached hydrogen (secondary N) is 1. The normalized spacial score (nSPS) is 22.1. The van der Waals surface area contributed by atoms with Gasteiger partial charge in [0.1, 0.15) is 0 Å². The maximum atomic E-state index is 11.1. The predicted molar refractivity (Wildman–Crippen MR) is 84.1 cm³/mol. The van der Waals surface area contributed by atoms with Crippen molar-refractivity contribution < 1.29 is 9.66 Å². The van der Waals surface area contributed by atoms with Gasteiger partial charge >= 0.3 is 0 Å². The zero-order valence-corrected chi connectivity index (χ0v) is 12.9. The van der Waals surface area contributed by atoms with Crippen molar-refractivity contribution in [1.29, 1.82) is 0 Å². The third-order valence-corrected chi connectivity index (χ3v) is 4.01. The number of nitro groups is 1. The molecule has 2 rings (SSSR count). The second-order valence-corrected chi connectivity index (χ2v) is 5.70. The number of benzene rings is 1. The van der Waals surface area contributed by atoms with Crippen LogP contribution in [0.4, 0.5) is 17.1 Å². The zero-order chi connectivity index (χ0) is 15.5. The van der Waals surface area contributed by atoms with Crippen molar-refractivity contribution >= 4 is 17.1 Å². The van der Waals surface area contributed by atoms with Gasteiger partial charge in [-0.05, 0) is 32.8 Å². The zero-order valence-electron chi connectivity index (χ0n) is 12.9. The van der Waals surface area contributed by atoms with Crippen LogP contribution in [0.25, 0.3) is 0 Å². The van der Waals surface area contributed by atoms with E-state index in [1.54, 1.807) is 19.2 Å². The minimum atomic E-state index is -0.343. The molecule has 0 bridgehead atoms. The van der Waals surface area contributed by atoms with E-state index in [0.717, 1.165) is 43.9 Å². The van der Waals surface area contributed by atoms with Crippen molar-refractivity contribution in [3.8, 4) is 0 Å². The van der Waals surface area contributed by atoms with Crippen LogP contribution < -0.4 is 10.2 Å². The molecule has 21 heavy (non-hydrogen) atoms. The highest BCUT2D eigenvalue weighted by atomic mass is 16.6. The van der Waals surface area contributed by atoms with E-state index in [4.69, 9.17) is 4.74 Å². The van der Waals surface area contributed by atoms with Gasteiger partial charge in [-0.15, -0.1) is 0 Å². The van der Waals surface area contributed by atoms with E-state index in [1.807, 2.05) is 13.0 Å². The number of ether oxygens (including phenoxy) is 1. The number of nitrogens with zero attached hydrogens (tertiary/aromatic N) is 2. The molecule has 1 aromatic rings. The summed E-state index contributed by atoms with van der Waals surface area (Å²) >= 11 is 0. The van der Waals surface area contributed by atoms with Gasteiger partial charge in [0.15, 0.2) is 0 Å². The Bertz CT molecular complexity index is 521. The molecule has 6 heteroatoms. The van der Waals surface area contributed by atoms with Crippen LogP contribution in [0.1, 0.15) is 26.7 Å². The van der Waals surface area contributed by atoms with Crippen LogP contribution in [0.2, 0.25) is 0 Å². The maximum Gasteiger partial charge on any atom is 0.273 e. The number of hydrogen-bond acceptors (Lipinski definition) is 5. The molecule has 1 atom stereocenters. The Morgan fingerprint density at radius 2 is 2.24 bits per heavy atom.